The van der Waals surface area contributed by atoms with Gasteiger partial charge in [0.05, 0.1) is 0 Å². The van der Waals surface area contributed by atoms with Crippen molar-refractivity contribution in [2.45, 2.75) is 33.1 Å². The predicted molar refractivity (Wildman–Crippen MR) is 88.7 cm³/mol. The number of nitrogens with zero attached hydrogens (tertiary/aromatic N) is 1. The maximum atomic E-state index is 12.3. The van der Waals surface area contributed by atoms with Gasteiger partial charge in [0.2, 0.25) is 5.91 Å². The van der Waals surface area contributed by atoms with Gasteiger partial charge in [0.25, 0.3) is 0 Å². The topological polar surface area (TPSA) is 20.3 Å². The molecule has 1 amide bonds. The molecule has 0 bridgehead atoms. The van der Waals surface area contributed by atoms with Crippen LogP contribution in [0.4, 0.5) is 5.69 Å². The second kappa shape index (κ2) is 7.07. The number of carbonyl (C=O) groups excluding carboxylic acids is 1. The molecule has 0 saturated carbocycles. The van der Waals surface area contributed by atoms with Gasteiger partial charge in [-0.1, -0.05) is 42.5 Å². The molecule has 2 heteroatoms. The van der Waals surface area contributed by atoms with E-state index in [1.807, 2.05) is 37.4 Å². The molecule has 0 fully saturated rings. The van der Waals surface area contributed by atoms with Crippen LogP contribution in [0.2, 0.25) is 0 Å². The Labute approximate surface area is 127 Å². The van der Waals surface area contributed by atoms with Gasteiger partial charge in [-0.2, -0.15) is 0 Å². The van der Waals surface area contributed by atoms with E-state index in [0.717, 1.165) is 18.5 Å². The van der Waals surface area contributed by atoms with E-state index in [1.165, 1.54) is 16.7 Å². The van der Waals surface area contributed by atoms with Gasteiger partial charge in [-0.15, -0.1) is 0 Å². The van der Waals surface area contributed by atoms with Crippen molar-refractivity contribution in [3.63, 3.8) is 0 Å². The molecular formula is C19H23NO. The molecule has 21 heavy (non-hydrogen) atoms. The summed E-state index contributed by atoms with van der Waals surface area (Å²) >= 11 is 0. The van der Waals surface area contributed by atoms with Crippen LogP contribution >= 0.6 is 0 Å². The van der Waals surface area contributed by atoms with Crippen molar-refractivity contribution < 1.29 is 4.79 Å². The first kappa shape index (κ1) is 15.3. The Morgan fingerprint density at radius 3 is 2.43 bits per heavy atom. The SMILES string of the molecule is Cc1cccc(N(C)C(=O)CCCc2ccccc2)c1C. The number of hydrogen-bond donors (Lipinski definition) is 0. The van der Waals surface area contributed by atoms with E-state index in [2.05, 4.69) is 32.0 Å². The van der Waals surface area contributed by atoms with E-state index >= 15 is 0 Å². The van der Waals surface area contributed by atoms with Crippen molar-refractivity contribution >= 4 is 11.6 Å². The van der Waals surface area contributed by atoms with Gasteiger partial charge in [-0.25, -0.2) is 0 Å². The van der Waals surface area contributed by atoms with Crippen molar-refractivity contribution in [3.8, 4) is 0 Å². The van der Waals surface area contributed by atoms with Crippen molar-refractivity contribution in [3.05, 3.63) is 65.2 Å². The van der Waals surface area contributed by atoms with Gasteiger partial charge in [0.15, 0.2) is 0 Å². The summed E-state index contributed by atoms with van der Waals surface area (Å²) in [6.45, 7) is 4.14. The van der Waals surface area contributed by atoms with Crippen molar-refractivity contribution in [1.82, 2.24) is 0 Å². The zero-order valence-corrected chi connectivity index (χ0v) is 13.1. The standard InChI is InChI=1S/C19H23NO/c1-15-9-7-13-18(16(15)2)20(3)19(21)14-8-12-17-10-5-4-6-11-17/h4-7,9-11,13H,8,12,14H2,1-3H3. The highest BCUT2D eigenvalue weighted by atomic mass is 16.2. The van der Waals surface area contributed by atoms with Gasteiger partial charge in [0.1, 0.15) is 0 Å². The Kier molecular flexibility index (Phi) is 5.15. The Morgan fingerprint density at radius 1 is 1.00 bits per heavy atom. The van der Waals surface area contributed by atoms with Crippen molar-refractivity contribution in [2.75, 3.05) is 11.9 Å². The van der Waals surface area contributed by atoms with Crippen LogP contribution in [0.25, 0.3) is 0 Å². The maximum Gasteiger partial charge on any atom is 0.226 e. The summed E-state index contributed by atoms with van der Waals surface area (Å²) in [6, 6.07) is 16.4. The molecule has 0 heterocycles. The van der Waals surface area contributed by atoms with Crippen LogP contribution in [0.15, 0.2) is 48.5 Å². The lowest BCUT2D eigenvalue weighted by Crippen LogP contribution is -2.26. The molecule has 0 N–H and O–H groups in total. The molecule has 0 aliphatic heterocycles. The molecule has 110 valence electrons. The van der Waals surface area contributed by atoms with Gasteiger partial charge in [0, 0.05) is 19.2 Å². The highest BCUT2D eigenvalue weighted by Crippen LogP contribution is 2.22. The summed E-state index contributed by atoms with van der Waals surface area (Å²) in [5.74, 6) is 0.180. The second-order valence-corrected chi connectivity index (χ2v) is 5.51. The largest absolute Gasteiger partial charge is 0.315 e. The fourth-order valence-electron chi connectivity index (χ4n) is 2.49. The van der Waals surface area contributed by atoms with Gasteiger partial charge in [-0.3, -0.25) is 4.79 Å². The molecule has 2 aromatic carbocycles. The number of hydrogen-bond acceptors (Lipinski definition) is 1. The first-order valence-corrected chi connectivity index (χ1v) is 7.46. The lowest BCUT2D eigenvalue weighted by atomic mass is 10.1. The van der Waals surface area contributed by atoms with Gasteiger partial charge < -0.3 is 4.90 Å². The first-order valence-electron chi connectivity index (χ1n) is 7.46. The van der Waals surface area contributed by atoms with Crippen LogP contribution in [0, 0.1) is 13.8 Å². The minimum absolute atomic E-state index is 0.180. The fraction of sp³-hybridized carbons (Fsp3) is 0.316. The van der Waals surface area contributed by atoms with Crippen LogP contribution in [0.3, 0.4) is 0 Å². The Morgan fingerprint density at radius 2 is 1.71 bits per heavy atom. The zero-order valence-electron chi connectivity index (χ0n) is 13.1. The zero-order chi connectivity index (χ0) is 15.2. The number of amides is 1. The van der Waals surface area contributed by atoms with Gasteiger partial charge in [-0.05, 0) is 49.4 Å². The van der Waals surface area contributed by atoms with Crippen LogP contribution in [0.1, 0.15) is 29.5 Å². The number of aryl methyl sites for hydroxylation is 2. The van der Waals surface area contributed by atoms with Crippen LogP contribution in [0.5, 0.6) is 0 Å². The third-order valence-electron chi connectivity index (χ3n) is 4.01. The second-order valence-electron chi connectivity index (χ2n) is 5.51. The third kappa shape index (κ3) is 3.94. The summed E-state index contributed by atoms with van der Waals surface area (Å²) in [7, 11) is 1.87. The quantitative estimate of drug-likeness (QED) is 0.800. The van der Waals surface area contributed by atoms with E-state index < -0.39 is 0 Å². The highest BCUT2D eigenvalue weighted by Gasteiger charge is 2.13. The van der Waals surface area contributed by atoms with E-state index in [4.69, 9.17) is 0 Å². The van der Waals surface area contributed by atoms with Gasteiger partial charge >= 0.3 is 0 Å². The van der Waals surface area contributed by atoms with Crippen LogP contribution in [-0.2, 0) is 11.2 Å². The summed E-state index contributed by atoms with van der Waals surface area (Å²) in [4.78, 5) is 14.1. The molecule has 0 atom stereocenters. The molecule has 2 aromatic rings. The minimum atomic E-state index is 0.180. The molecule has 0 aliphatic carbocycles. The average Bonchev–Trinajstić information content (AvgIpc) is 2.50. The maximum absolute atomic E-state index is 12.3. The van der Waals surface area contributed by atoms with E-state index in [9.17, 15) is 4.79 Å². The minimum Gasteiger partial charge on any atom is -0.315 e. The normalized spacial score (nSPS) is 10.4. The first-order chi connectivity index (χ1) is 10.1. The molecule has 2 nitrogen and oxygen atoms in total. The van der Waals surface area contributed by atoms with Crippen molar-refractivity contribution in [2.24, 2.45) is 0 Å². The molecule has 0 aromatic heterocycles. The summed E-state index contributed by atoms with van der Waals surface area (Å²) in [6.07, 6.45) is 2.42. The molecular weight excluding hydrogens is 258 g/mol. The number of anilines is 1. The van der Waals surface area contributed by atoms with E-state index in [-0.39, 0.29) is 5.91 Å². The Hall–Kier alpha value is -2.09. The lowest BCUT2D eigenvalue weighted by molar-refractivity contribution is -0.118. The van der Waals surface area contributed by atoms with Crippen molar-refractivity contribution in [1.29, 1.82) is 0 Å². The molecule has 0 aliphatic rings. The monoisotopic (exact) mass is 281 g/mol. The number of benzene rings is 2. The highest BCUT2D eigenvalue weighted by molar-refractivity contribution is 5.93. The summed E-state index contributed by atoms with van der Waals surface area (Å²) < 4.78 is 0. The van der Waals surface area contributed by atoms with Crippen LogP contribution in [-0.4, -0.2) is 13.0 Å². The molecule has 2 rings (SSSR count). The average molecular weight is 281 g/mol. The number of carbonyl (C=O) groups is 1. The predicted octanol–water partition coefficient (Wildman–Crippen LogP) is 4.29. The Bertz CT molecular complexity index is 604. The van der Waals surface area contributed by atoms with E-state index in [1.54, 1.807) is 4.90 Å². The molecule has 0 radical (unpaired) electrons. The van der Waals surface area contributed by atoms with E-state index in [0.29, 0.717) is 6.42 Å². The Balaban J connectivity index is 1.92. The summed E-state index contributed by atoms with van der Waals surface area (Å²) in [5, 5.41) is 0. The summed E-state index contributed by atoms with van der Waals surface area (Å²) in [5.41, 5.74) is 4.70. The third-order valence-corrected chi connectivity index (χ3v) is 4.01. The fourth-order valence-corrected chi connectivity index (χ4v) is 2.49. The molecule has 0 unspecified atom stereocenters. The lowest BCUT2D eigenvalue weighted by Gasteiger charge is -2.20. The molecule has 0 saturated heterocycles. The molecule has 0 spiro atoms. The smallest absolute Gasteiger partial charge is 0.226 e. The van der Waals surface area contributed by atoms with Crippen LogP contribution < -0.4 is 4.90 Å². The number of rotatable bonds is 5.